The second-order valence-electron chi connectivity index (χ2n) is 6.25. The number of nitrogens with one attached hydrogen (secondary N) is 4. The van der Waals surface area contributed by atoms with Crippen LogP contribution >= 0.6 is 0 Å². The molecule has 8 nitrogen and oxygen atoms in total. The van der Waals surface area contributed by atoms with Crippen LogP contribution in [0, 0.1) is 0 Å². The minimum Gasteiger partial charge on any atom is -0.322 e. The quantitative estimate of drug-likeness (QED) is 0.517. The van der Waals surface area contributed by atoms with E-state index in [9.17, 15) is 18.0 Å². The number of hydrogen-bond acceptors (Lipinski definition) is 4. The molecule has 0 spiro atoms. The zero-order valence-corrected chi connectivity index (χ0v) is 15.7. The van der Waals surface area contributed by atoms with Crippen molar-refractivity contribution in [2.24, 2.45) is 0 Å². The van der Waals surface area contributed by atoms with E-state index < -0.39 is 10.0 Å². The average Bonchev–Trinajstić information content (AvgIpc) is 3.00. The van der Waals surface area contributed by atoms with Crippen LogP contribution in [0.2, 0.25) is 0 Å². The Balaban J connectivity index is 1.75. The fraction of sp³-hybridized carbons (Fsp3) is 0.222. The molecule has 1 heterocycles. The first kappa shape index (κ1) is 18.9. The first-order valence-electron chi connectivity index (χ1n) is 8.44. The van der Waals surface area contributed by atoms with E-state index in [0.29, 0.717) is 28.7 Å². The number of carbonyl (C=O) groups is 1. The topological polar surface area (TPSA) is 124 Å². The van der Waals surface area contributed by atoms with Crippen molar-refractivity contribution in [3.05, 3.63) is 58.5 Å². The number of H-pyrrole nitrogens is 2. The van der Waals surface area contributed by atoms with E-state index in [4.69, 9.17) is 0 Å². The van der Waals surface area contributed by atoms with Gasteiger partial charge in [0.2, 0.25) is 10.0 Å². The smallest absolute Gasteiger partial charge is 0.322 e. The van der Waals surface area contributed by atoms with Crippen LogP contribution in [0.25, 0.3) is 11.0 Å². The maximum atomic E-state index is 12.4. The van der Waals surface area contributed by atoms with E-state index in [1.54, 1.807) is 25.1 Å². The average molecular weight is 388 g/mol. The van der Waals surface area contributed by atoms with Gasteiger partial charge >= 0.3 is 5.69 Å². The molecule has 1 aromatic heterocycles. The normalized spacial score (nSPS) is 12.8. The summed E-state index contributed by atoms with van der Waals surface area (Å²) in [6.45, 7) is 3.68. The Kier molecular flexibility index (Phi) is 5.15. The summed E-state index contributed by atoms with van der Waals surface area (Å²) in [5.41, 5.74) is 1.73. The molecule has 0 saturated heterocycles. The third kappa shape index (κ3) is 4.26. The van der Waals surface area contributed by atoms with Gasteiger partial charge in [0, 0.05) is 17.3 Å². The van der Waals surface area contributed by atoms with Crippen molar-refractivity contribution in [1.82, 2.24) is 14.7 Å². The monoisotopic (exact) mass is 388 g/mol. The summed E-state index contributed by atoms with van der Waals surface area (Å²) >= 11 is 0. The van der Waals surface area contributed by atoms with Crippen molar-refractivity contribution in [2.45, 2.75) is 31.2 Å². The molecule has 9 heteroatoms. The largest absolute Gasteiger partial charge is 0.323 e. The van der Waals surface area contributed by atoms with Gasteiger partial charge < -0.3 is 15.3 Å². The number of benzene rings is 2. The molecule has 4 N–H and O–H groups in total. The van der Waals surface area contributed by atoms with E-state index in [0.717, 1.165) is 0 Å². The molecule has 1 atom stereocenters. The van der Waals surface area contributed by atoms with Gasteiger partial charge in [-0.15, -0.1) is 0 Å². The number of rotatable bonds is 6. The van der Waals surface area contributed by atoms with Gasteiger partial charge in [-0.2, -0.15) is 0 Å². The van der Waals surface area contributed by atoms with Crippen LogP contribution in [0.5, 0.6) is 0 Å². The number of carbonyl (C=O) groups excluding carboxylic acids is 1. The van der Waals surface area contributed by atoms with Crippen LogP contribution in [0.3, 0.4) is 0 Å². The van der Waals surface area contributed by atoms with Crippen LogP contribution in [0.1, 0.15) is 30.6 Å². The molecule has 0 bridgehead atoms. The molecule has 0 saturated carbocycles. The molecule has 0 aliphatic carbocycles. The number of hydrogen-bond donors (Lipinski definition) is 4. The highest BCUT2D eigenvalue weighted by Crippen LogP contribution is 2.17. The lowest BCUT2D eigenvalue weighted by molar-refractivity contribution is 0.102. The summed E-state index contributed by atoms with van der Waals surface area (Å²) < 4.78 is 27.1. The zero-order valence-electron chi connectivity index (χ0n) is 14.9. The fourth-order valence-electron chi connectivity index (χ4n) is 2.52. The minimum absolute atomic E-state index is 0.102. The van der Waals surface area contributed by atoms with Gasteiger partial charge in [0.1, 0.15) is 0 Å². The Bertz CT molecular complexity index is 1130. The second-order valence-corrected chi connectivity index (χ2v) is 7.96. The minimum atomic E-state index is -3.61. The summed E-state index contributed by atoms with van der Waals surface area (Å²) in [4.78, 5) is 29.0. The van der Waals surface area contributed by atoms with Crippen molar-refractivity contribution >= 4 is 32.7 Å². The van der Waals surface area contributed by atoms with Crippen molar-refractivity contribution in [1.29, 1.82) is 0 Å². The molecular weight excluding hydrogens is 368 g/mol. The summed E-state index contributed by atoms with van der Waals surface area (Å²) in [5, 5.41) is 2.72. The molecule has 3 rings (SSSR count). The molecule has 0 unspecified atom stereocenters. The number of amides is 1. The molecule has 0 fully saturated rings. The molecule has 1 amide bonds. The molecule has 27 heavy (non-hydrogen) atoms. The number of aromatic nitrogens is 2. The van der Waals surface area contributed by atoms with E-state index in [-0.39, 0.29) is 22.5 Å². The van der Waals surface area contributed by atoms with Gasteiger partial charge in [-0.1, -0.05) is 6.92 Å². The lowest BCUT2D eigenvalue weighted by atomic mass is 10.2. The van der Waals surface area contributed by atoms with Crippen LogP contribution in [-0.2, 0) is 10.0 Å². The van der Waals surface area contributed by atoms with Gasteiger partial charge in [-0.25, -0.2) is 17.9 Å². The van der Waals surface area contributed by atoms with E-state index in [1.165, 1.54) is 24.3 Å². The maximum Gasteiger partial charge on any atom is 0.323 e. The standard InChI is InChI=1S/C18H20N4O4S/c1-3-11(2)22-27(25,26)14-7-4-12(5-8-14)17(23)19-13-6-9-15-16(10-13)21-18(24)20-15/h4-11,22H,3H2,1-2H3,(H,19,23)(H2,20,21,24)/t11-/m0/s1. The first-order chi connectivity index (χ1) is 12.8. The van der Waals surface area contributed by atoms with Gasteiger partial charge in [0.05, 0.1) is 15.9 Å². The molecule has 3 aromatic rings. The molecule has 0 aliphatic rings. The lowest BCUT2D eigenvalue weighted by Crippen LogP contribution is -2.32. The van der Waals surface area contributed by atoms with Crippen molar-refractivity contribution in [3.8, 4) is 0 Å². The highest BCUT2D eigenvalue weighted by molar-refractivity contribution is 7.89. The summed E-state index contributed by atoms with van der Waals surface area (Å²) in [5.74, 6) is -0.383. The van der Waals surface area contributed by atoms with Crippen LogP contribution in [-0.4, -0.2) is 30.3 Å². The Labute approximate surface area is 156 Å². The number of anilines is 1. The third-order valence-electron chi connectivity index (χ3n) is 4.17. The lowest BCUT2D eigenvalue weighted by Gasteiger charge is -2.12. The number of imidazole rings is 1. The molecule has 2 aromatic carbocycles. The van der Waals surface area contributed by atoms with Crippen LogP contribution in [0.4, 0.5) is 5.69 Å². The van der Waals surface area contributed by atoms with Gasteiger partial charge in [-0.3, -0.25) is 4.79 Å². The fourth-order valence-corrected chi connectivity index (χ4v) is 3.84. The molecule has 142 valence electrons. The second kappa shape index (κ2) is 7.37. The van der Waals surface area contributed by atoms with Crippen molar-refractivity contribution < 1.29 is 13.2 Å². The third-order valence-corrected chi connectivity index (χ3v) is 5.77. The van der Waals surface area contributed by atoms with Crippen LogP contribution in [0.15, 0.2) is 52.2 Å². The van der Waals surface area contributed by atoms with Gasteiger partial charge in [0.25, 0.3) is 5.91 Å². The van der Waals surface area contributed by atoms with Gasteiger partial charge in [0.15, 0.2) is 0 Å². The van der Waals surface area contributed by atoms with Gasteiger partial charge in [-0.05, 0) is 55.8 Å². The van der Waals surface area contributed by atoms with Crippen LogP contribution < -0.4 is 15.7 Å². The van der Waals surface area contributed by atoms with Crippen molar-refractivity contribution in [3.63, 3.8) is 0 Å². The SMILES string of the molecule is CC[C@H](C)NS(=O)(=O)c1ccc(C(=O)Nc2ccc3[nH]c(=O)[nH]c3c2)cc1. The Morgan fingerprint density at radius 1 is 1.07 bits per heavy atom. The van der Waals surface area contributed by atoms with E-state index in [1.807, 2.05) is 6.92 Å². The highest BCUT2D eigenvalue weighted by atomic mass is 32.2. The predicted molar refractivity (Wildman–Crippen MR) is 103 cm³/mol. The number of aromatic amines is 2. The predicted octanol–water partition coefficient (Wildman–Crippen LogP) is 2.19. The summed E-state index contributed by atoms with van der Waals surface area (Å²) in [6, 6.07) is 10.5. The number of sulfonamides is 1. The Morgan fingerprint density at radius 2 is 1.74 bits per heavy atom. The van der Waals surface area contributed by atoms with E-state index >= 15 is 0 Å². The maximum absolute atomic E-state index is 12.4. The van der Waals surface area contributed by atoms with Crippen molar-refractivity contribution in [2.75, 3.05) is 5.32 Å². The zero-order chi connectivity index (χ0) is 19.6. The molecule has 0 radical (unpaired) electrons. The summed E-state index contributed by atoms with van der Waals surface area (Å²) in [7, 11) is -3.61. The Hall–Kier alpha value is -2.91. The molecule has 0 aliphatic heterocycles. The van der Waals surface area contributed by atoms with E-state index in [2.05, 4.69) is 20.0 Å². The Morgan fingerprint density at radius 3 is 2.41 bits per heavy atom. The number of fused-ring (bicyclic) bond motifs is 1. The first-order valence-corrected chi connectivity index (χ1v) is 9.92. The molecular formula is C18H20N4O4S. The highest BCUT2D eigenvalue weighted by Gasteiger charge is 2.17. The summed E-state index contributed by atoms with van der Waals surface area (Å²) in [6.07, 6.45) is 0.677.